The standard InChI is InChI=1S/C14H20/c1-3-7-13-11(5-1)9-10-12-6-2-4-8-14(12)13/h3,7,12,14H,1-2,4-6,8-10H2. The second-order valence-corrected chi connectivity index (χ2v) is 5.19. The van der Waals surface area contributed by atoms with Crippen LogP contribution < -0.4 is 0 Å². The Labute approximate surface area is 87.1 Å². The summed E-state index contributed by atoms with van der Waals surface area (Å²) in [7, 11) is 0. The minimum Gasteiger partial charge on any atom is -0.0839 e. The van der Waals surface area contributed by atoms with E-state index >= 15 is 0 Å². The molecule has 3 aliphatic rings. The average Bonchev–Trinajstić information content (AvgIpc) is 2.29. The summed E-state index contributed by atoms with van der Waals surface area (Å²) in [5.41, 5.74) is 3.59. The van der Waals surface area contributed by atoms with E-state index < -0.39 is 0 Å². The summed E-state index contributed by atoms with van der Waals surface area (Å²) in [6.07, 6.45) is 16.4. The fourth-order valence-electron chi connectivity index (χ4n) is 3.71. The Morgan fingerprint density at radius 3 is 2.93 bits per heavy atom. The summed E-state index contributed by atoms with van der Waals surface area (Å²) in [4.78, 5) is 0. The molecule has 2 atom stereocenters. The lowest BCUT2D eigenvalue weighted by molar-refractivity contribution is 0.243. The number of hydrogen-bond acceptors (Lipinski definition) is 0. The summed E-state index contributed by atoms with van der Waals surface area (Å²) in [5, 5.41) is 0. The van der Waals surface area contributed by atoms with Crippen molar-refractivity contribution in [2.75, 3.05) is 0 Å². The molecule has 0 radical (unpaired) electrons. The van der Waals surface area contributed by atoms with Gasteiger partial charge in [0.2, 0.25) is 0 Å². The number of fused-ring (bicyclic) bond motifs is 2. The van der Waals surface area contributed by atoms with Gasteiger partial charge in [-0.15, -0.1) is 0 Å². The van der Waals surface area contributed by atoms with Crippen LogP contribution in [-0.2, 0) is 0 Å². The fraction of sp³-hybridized carbons (Fsp3) is 0.714. The van der Waals surface area contributed by atoms with Gasteiger partial charge in [0, 0.05) is 0 Å². The van der Waals surface area contributed by atoms with Gasteiger partial charge in [0.1, 0.15) is 0 Å². The van der Waals surface area contributed by atoms with E-state index in [1.165, 1.54) is 51.4 Å². The number of rotatable bonds is 0. The molecule has 3 aliphatic carbocycles. The van der Waals surface area contributed by atoms with E-state index in [1.807, 2.05) is 5.57 Å². The summed E-state index contributed by atoms with van der Waals surface area (Å²) in [6, 6.07) is 0. The summed E-state index contributed by atoms with van der Waals surface area (Å²) in [5.74, 6) is 2.01. The summed E-state index contributed by atoms with van der Waals surface area (Å²) in [6.45, 7) is 0. The topological polar surface area (TPSA) is 0 Å². The van der Waals surface area contributed by atoms with E-state index in [-0.39, 0.29) is 0 Å². The van der Waals surface area contributed by atoms with Crippen molar-refractivity contribution in [3.05, 3.63) is 23.3 Å². The van der Waals surface area contributed by atoms with Gasteiger partial charge in [-0.2, -0.15) is 0 Å². The second kappa shape index (κ2) is 3.56. The molecule has 0 bridgehead atoms. The Kier molecular flexibility index (Phi) is 2.23. The molecule has 0 heteroatoms. The van der Waals surface area contributed by atoms with Crippen molar-refractivity contribution in [2.45, 2.75) is 51.4 Å². The van der Waals surface area contributed by atoms with Gasteiger partial charge in [-0.3, -0.25) is 0 Å². The van der Waals surface area contributed by atoms with Gasteiger partial charge in [-0.1, -0.05) is 30.6 Å². The lowest BCUT2D eigenvalue weighted by Crippen LogP contribution is -2.26. The van der Waals surface area contributed by atoms with Crippen LogP contribution >= 0.6 is 0 Å². The molecular weight excluding hydrogens is 168 g/mol. The molecule has 0 spiro atoms. The van der Waals surface area contributed by atoms with Crippen molar-refractivity contribution in [2.24, 2.45) is 11.8 Å². The molecule has 0 saturated heterocycles. The van der Waals surface area contributed by atoms with E-state index in [9.17, 15) is 0 Å². The second-order valence-electron chi connectivity index (χ2n) is 5.19. The normalized spacial score (nSPS) is 36.6. The molecule has 0 nitrogen and oxygen atoms in total. The Bertz CT molecular complexity index is 282. The minimum atomic E-state index is 0.962. The van der Waals surface area contributed by atoms with Crippen LogP contribution in [-0.4, -0.2) is 0 Å². The smallest absolute Gasteiger partial charge is 0.0134 e. The highest BCUT2D eigenvalue weighted by molar-refractivity contribution is 5.34. The van der Waals surface area contributed by atoms with Gasteiger partial charge >= 0.3 is 0 Å². The molecule has 0 aliphatic heterocycles. The Balaban J connectivity index is 1.91. The Morgan fingerprint density at radius 2 is 1.93 bits per heavy atom. The third-order valence-electron chi connectivity index (χ3n) is 4.44. The number of hydrogen-bond donors (Lipinski definition) is 0. The first-order chi connectivity index (χ1) is 6.95. The van der Waals surface area contributed by atoms with Gasteiger partial charge in [-0.05, 0) is 55.9 Å². The Morgan fingerprint density at radius 1 is 1.00 bits per heavy atom. The first kappa shape index (κ1) is 8.76. The van der Waals surface area contributed by atoms with Crippen molar-refractivity contribution < 1.29 is 0 Å². The van der Waals surface area contributed by atoms with Crippen LogP contribution in [0.5, 0.6) is 0 Å². The van der Waals surface area contributed by atoms with Gasteiger partial charge in [-0.25, -0.2) is 0 Å². The molecule has 14 heavy (non-hydrogen) atoms. The maximum absolute atomic E-state index is 2.46. The molecule has 1 saturated carbocycles. The Hall–Kier alpha value is -0.520. The number of allylic oxidation sites excluding steroid dienone is 4. The van der Waals surface area contributed by atoms with Crippen LogP contribution in [0.4, 0.5) is 0 Å². The zero-order valence-electron chi connectivity index (χ0n) is 8.97. The predicted octanol–water partition coefficient (Wildman–Crippen LogP) is 4.23. The predicted molar refractivity (Wildman–Crippen MR) is 60.1 cm³/mol. The van der Waals surface area contributed by atoms with Crippen molar-refractivity contribution in [1.82, 2.24) is 0 Å². The minimum absolute atomic E-state index is 0.962. The van der Waals surface area contributed by atoms with Crippen LogP contribution in [0.3, 0.4) is 0 Å². The van der Waals surface area contributed by atoms with E-state index in [1.54, 1.807) is 5.57 Å². The molecule has 1 fully saturated rings. The SMILES string of the molecule is C1=CC2=C(CC1)CCC1CCCCC21. The zero-order chi connectivity index (χ0) is 9.38. The molecule has 0 aromatic heterocycles. The monoisotopic (exact) mass is 188 g/mol. The molecule has 0 aromatic rings. The lowest BCUT2D eigenvalue weighted by atomic mass is 9.66. The highest BCUT2D eigenvalue weighted by atomic mass is 14.4. The highest BCUT2D eigenvalue weighted by Crippen LogP contribution is 2.46. The maximum atomic E-state index is 2.46. The average molecular weight is 188 g/mol. The molecule has 76 valence electrons. The van der Waals surface area contributed by atoms with Crippen molar-refractivity contribution in [1.29, 1.82) is 0 Å². The maximum Gasteiger partial charge on any atom is -0.0134 e. The molecule has 0 heterocycles. The summed E-state index contributed by atoms with van der Waals surface area (Å²) < 4.78 is 0. The quantitative estimate of drug-likeness (QED) is 0.533. The van der Waals surface area contributed by atoms with E-state index in [4.69, 9.17) is 0 Å². The van der Waals surface area contributed by atoms with Crippen LogP contribution in [0.1, 0.15) is 51.4 Å². The first-order valence-corrected chi connectivity index (χ1v) is 6.33. The van der Waals surface area contributed by atoms with E-state index in [0.29, 0.717) is 0 Å². The summed E-state index contributed by atoms with van der Waals surface area (Å²) >= 11 is 0. The largest absolute Gasteiger partial charge is 0.0839 e. The lowest BCUT2D eigenvalue weighted by Gasteiger charge is -2.39. The highest BCUT2D eigenvalue weighted by Gasteiger charge is 2.32. The van der Waals surface area contributed by atoms with Gasteiger partial charge in [0.05, 0.1) is 0 Å². The van der Waals surface area contributed by atoms with Gasteiger partial charge < -0.3 is 0 Å². The third kappa shape index (κ3) is 1.36. The molecule has 2 unspecified atom stereocenters. The van der Waals surface area contributed by atoms with Crippen molar-refractivity contribution >= 4 is 0 Å². The van der Waals surface area contributed by atoms with Crippen LogP contribution in [0, 0.1) is 11.8 Å². The van der Waals surface area contributed by atoms with E-state index in [0.717, 1.165) is 11.8 Å². The van der Waals surface area contributed by atoms with Crippen molar-refractivity contribution in [3.8, 4) is 0 Å². The molecular formula is C14H20. The third-order valence-corrected chi connectivity index (χ3v) is 4.44. The van der Waals surface area contributed by atoms with Crippen LogP contribution in [0.2, 0.25) is 0 Å². The van der Waals surface area contributed by atoms with Gasteiger partial charge in [0.25, 0.3) is 0 Å². The van der Waals surface area contributed by atoms with Gasteiger partial charge in [0.15, 0.2) is 0 Å². The van der Waals surface area contributed by atoms with Crippen molar-refractivity contribution in [3.63, 3.8) is 0 Å². The van der Waals surface area contributed by atoms with Crippen LogP contribution in [0.15, 0.2) is 23.3 Å². The zero-order valence-corrected chi connectivity index (χ0v) is 8.97. The molecule has 0 aromatic carbocycles. The molecule has 0 N–H and O–H groups in total. The fourth-order valence-corrected chi connectivity index (χ4v) is 3.71. The van der Waals surface area contributed by atoms with Crippen LogP contribution in [0.25, 0.3) is 0 Å². The first-order valence-electron chi connectivity index (χ1n) is 6.33. The molecule has 3 rings (SSSR count). The molecule has 0 amide bonds. The van der Waals surface area contributed by atoms with E-state index in [2.05, 4.69) is 12.2 Å².